The number of hydrogen-bond donors (Lipinski definition) is 1. The summed E-state index contributed by atoms with van der Waals surface area (Å²) in [6, 6.07) is 11.9. The number of anilines is 1. The lowest BCUT2D eigenvalue weighted by atomic mass is 9.94. The lowest BCUT2D eigenvalue weighted by molar-refractivity contribution is -0.118. The van der Waals surface area contributed by atoms with Gasteiger partial charge in [0.1, 0.15) is 0 Å². The van der Waals surface area contributed by atoms with Gasteiger partial charge in [0.05, 0.1) is 5.69 Å². The number of carbonyl (C=O) groups is 2. The highest BCUT2D eigenvalue weighted by Crippen LogP contribution is 2.37. The summed E-state index contributed by atoms with van der Waals surface area (Å²) in [7, 11) is 0. The SMILES string of the molecule is NN(CCCCCC(=O)c1cc2c3c(c1)CCN3C(=O)CC2)CCc1ccccc1Cl. The predicted molar refractivity (Wildman–Crippen MR) is 125 cm³/mol. The second kappa shape index (κ2) is 9.94. The minimum absolute atomic E-state index is 0.206. The van der Waals surface area contributed by atoms with E-state index < -0.39 is 0 Å². The zero-order chi connectivity index (χ0) is 21.8. The molecule has 0 saturated carbocycles. The first-order valence-corrected chi connectivity index (χ1v) is 11.6. The third-order valence-corrected chi connectivity index (χ3v) is 6.72. The van der Waals surface area contributed by atoms with E-state index in [1.165, 1.54) is 0 Å². The Bertz CT molecular complexity index is 975. The molecule has 0 aromatic heterocycles. The Hall–Kier alpha value is -2.21. The molecule has 0 radical (unpaired) electrons. The number of hydrogen-bond acceptors (Lipinski definition) is 4. The molecule has 164 valence electrons. The maximum absolute atomic E-state index is 12.7. The Labute approximate surface area is 189 Å². The third-order valence-electron chi connectivity index (χ3n) is 6.35. The monoisotopic (exact) mass is 439 g/mol. The van der Waals surface area contributed by atoms with Crippen LogP contribution in [0.15, 0.2) is 36.4 Å². The average molecular weight is 440 g/mol. The molecule has 1 amide bonds. The van der Waals surface area contributed by atoms with E-state index in [0.717, 1.165) is 91.1 Å². The fourth-order valence-corrected chi connectivity index (χ4v) is 4.85. The van der Waals surface area contributed by atoms with Gasteiger partial charge in [0.25, 0.3) is 0 Å². The summed E-state index contributed by atoms with van der Waals surface area (Å²) < 4.78 is 0. The fraction of sp³-hybridized carbons (Fsp3) is 0.440. The summed E-state index contributed by atoms with van der Waals surface area (Å²) in [4.78, 5) is 26.7. The average Bonchev–Trinajstić information content (AvgIpc) is 3.20. The molecule has 2 heterocycles. The fourth-order valence-electron chi connectivity index (χ4n) is 4.62. The van der Waals surface area contributed by atoms with Crippen LogP contribution >= 0.6 is 11.6 Å². The highest BCUT2D eigenvalue weighted by Gasteiger charge is 2.31. The summed E-state index contributed by atoms with van der Waals surface area (Å²) in [6.45, 7) is 2.33. The van der Waals surface area contributed by atoms with Crippen LogP contribution in [0, 0.1) is 0 Å². The summed E-state index contributed by atoms with van der Waals surface area (Å²) >= 11 is 6.19. The second-order valence-electron chi connectivity index (χ2n) is 8.55. The zero-order valence-electron chi connectivity index (χ0n) is 17.9. The largest absolute Gasteiger partial charge is 0.312 e. The van der Waals surface area contributed by atoms with Gasteiger partial charge in [-0.3, -0.25) is 15.4 Å². The standard InChI is InChI=1S/C25H30ClN3O2/c26-22-7-4-3-6-18(22)11-14-28(27)13-5-1-2-8-23(30)21-16-19-9-10-24(31)29-15-12-20(17-21)25(19)29/h3-4,6-7,16-17H,1-2,5,8-15,27H2. The van der Waals surface area contributed by atoms with Crippen molar-refractivity contribution in [1.82, 2.24) is 5.01 Å². The molecule has 2 aliphatic rings. The van der Waals surface area contributed by atoms with Gasteiger partial charge in [0.2, 0.25) is 5.91 Å². The quantitative estimate of drug-likeness (QED) is 0.259. The molecule has 0 fully saturated rings. The van der Waals surface area contributed by atoms with Crippen molar-refractivity contribution in [2.24, 2.45) is 5.84 Å². The summed E-state index contributed by atoms with van der Waals surface area (Å²) in [5, 5.41) is 2.62. The maximum atomic E-state index is 12.7. The summed E-state index contributed by atoms with van der Waals surface area (Å²) in [5.74, 6) is 6.53. The van der Waals surface area contributed by atoms with Crippen molar-refractivity contribution in [3.63, 3.8) is 0 Å². The highest BCUT2D eigenvalue weighted by molar-refractivity contribution is 6.31. The predicted octanol–water partition coefficient (Wildman–Crippen LogP) is 4.34. The van der Waals surface area contributed by atoms with E-state index in [0.29, 0.717) is 12.8 Å². The van der Waals surface area contributed by atoms with E-state index in [9.17, 15) is 9.59 Å². The van der Waals surface area contributed by atoms with Crippen LogP contribution in [0.1, 0.15) is 59.2 Å². The number of nitrogens with two attached hydrogens (primary N) is 1. The number of benzene rings is 2. The van der Waals surface area contributed by atoms with Gasteiger partial charge in [-0.2, -0.15) is 0 Å². The zero-order valence-corrected chi connectivity index (χ0v) is 18.7. The Kier molecular flexibility index (Phi) is 7.06. The van der Waals surface area contributed by atoms with E-state index in [1.807, 2.05) is 46.3 Å². The molecular formula is C25H30ClN3O2. The van der Waals surface area contributed by atoms with E-state index in [4.69, 9.17) is 17.4 Å². The van der Waals surface area contributed by atoms with Crippen LogP contribution in [0.25, 0.3) is 0 Å². The van der Waals surface area contributed by atoms with Gasteiger partial charge in [0, 0.05) is 43.1 Å². The van der Waals surface area contributed by atoms with E-state index in [2.05, 4.69) is 0 Å². The number of hydrazine groups is 1. The number of amides is 1. The number of halogens is 1. The molecule has 0 spiro atoms. The number of rotatable bonds is 10. The molecule has 2 N–H and O–H groups in total. The van der Waals surface area contributed by atoms with E-state index >= 15 is 0 Å². The van der Waals surface area contributed by atoms with Gasteiger partial charge in [-0.25, -0.2) is 5.01 Å². The normalized spacial score (nSPS) is 14.9. The molecule has 5 nitrogen and oxygen atoms in total. The molecule has 0 aliphatic carbocycles. The lowest BCUT2D eigenvalue weighted by Gasteiger charge is -2.25. The van der Waals surface area contributed by atoms with Gasteiger partial charge < -0.3 is 4.90 Å². The van der Waals surface area contributed by atoms with Crippen molar-refractivity contribution in [2.45, 2.75) is 51.4 Å². The second-order valence-corrected chi connectivity index (χ2v) is 8.96. The van der Waals surface area contributed by atoms with Crippen molar-refractivity contribution >= 4 is 29.0 Å². The van der Waals surface area contributed by atoms with E-state index in [1.54, 1.807) is 0 Å². The van der Waals surface area contributed by atoms with E-state index in [-0.39, 0.29) is 11.7 Å². The highest BCUT2D eigenvalue weighted by atomic mass is 35.5. The summed E-state index contributed by atoms with van der Waals surface area (Å²) in [6.07, 6.45) is 6.37. The Morgan fingerprint density at radius 2 is 1.81 bits per heavy atom. The molecule has 0 saturated heterocycles. The molecular weight excluding hydrogens is 410 g/mol. The number of Topliss-reactive ketones (excluding diaryl/α,β-unsaturated/α-hetero) is 1. The van der Waals surface area contributed by atoms with Crippen molar-refractivity contribution in [3.8, 4) is 0 Å². The molecule has 2 aromatic carbocycles. The number of aryl methyl sites for hydroxylation is 1. The minimum Gasteiger partial charge on any atom is -0.312 e. The van der Waals surface area contributed by atoms with Crippen molar-refractivity contribution in [1.29, 1.82) is 0 Å². The van der Waals surface area contributed by atoms with Crippen LogP contribution < -0.4 is 10.7 Å². The van der Waals surface area contributed by atoms with Gasteiger partial charge in [0.15, 0.2) is 5.78 Å². The Morgan fingerprint density at radius 1 is 1.03 bits per heavy atom. The molecule has 0 bridgehead atoms. The molecule has 2 aliphatic heterocycles. The first kappa shape index (κ1) is 22.0. The number of carbonyl (C=O) groups excluding carboxylic acids is 2. The van der Waals surface area contributed by atoms with Gasteiger partial charge in [-0.05, 0) is 67.0 Å². The topological polar surface area (TPSA) is 66.6 Å². The van der Waals surface area contributed by atoms with Crippen molar-refractivity contribution in [2.75, 3.05) is 24.5 Å². The third kappa shape index (κ3) is 5.17. The first-order chi connectivity index (χ1) is 15.0. The van der Waals surface area contributed by atoms with Crippen LogP contribution in [-0.2, 0) is 24.1 Å². The number of ketones is 1. The van der Waals surface area contributed by atoms with Gasteiger partial charge in [-0.15, -0.1) is 0 Å². The summed E-state index contributed by atoms with van der Waals surface area (Å²) in [5.41, 5.74) is 5.32. The lowest BCUT2D eigenvalue weighted by Crippen LogP contribution is -2.34. The van der Waals surface area contributed by atoms with Crippen molar-refractivity contribution < 1.29 is 9.59 Å². The number of nitrogens with zero attached hydrogens (tertiary/aromatic N) is 2. The van der Waals surface area contributed by atoms with Crippen LogP contribution in [0.5, 0.6) is 0 Å². The molecule has 2 aromatic rings. The van der Waals surface area contributed by atoms with Crippen LogP contribution in [-0.4, -0.2) is 36.3 Å². The van der Waals surface area contributed by atoms with Crippen LogP contribution in [0.3, 0.4) is 0 Å². The minimum atomic E-state index is 0.206. The molecule has 4 rings (SSSR count). The first-order valence-electron chi connectivity index (χ1n) is 11.3. The van der Waals surface area contributed by atoms with Gasteiger partial charge in [-0.1, -0.05) is 36.2 Å². The molecule has 0 unspecified atom stereocenters. The molecule has 0 atom stereocenters. The maximum Gasteiger partial charge on any atom is 0.227 e. The molecule has 6 heteroatoms. The van der Waals surface area contributed by atoms with Gasteiger partial charge >= 0.3 is 0 Å². The number of unbranched alkanes of at least 4 members (excludes halogenated alkanes) is 2. The Balaban J connectivity index is 1.19. The smallest absolute Gasteiger partial charge is 0.227 e. The Morgan fingerprint density at radius 3 is 2.61 bits per heavy atom. The molecule has 31 heavy (non-hydrogen) atoms. The van der Waals surface area contributed by atoms with Crippen LogP contribution in [0.2, 0.25) is 5.02 Å². The van der Waals surface area contributed by atoms with Crippen LogP contribution in [0.4, 0.5) is 5.69 Å². The van der Waals surface area contributed by atoms with Crippen molar-refractivity contribution in [3.05, 3.63) is 63.7 Å².